The molecule has 16 heavy (non-hydrogen) atoms. The Balaban J connectivity index is 2.92. The summed E-state index contributed by atoms with van der Waals surface area (Å²) in [5, 5.41) is 10.0. The van der Waals surface area contributed by atoms with E-state index >= 15 is 0 Å². The van der Waals surface area contributed by atoms with Crippen molar-refractivity contribution >= 4 is 16.9 Å². The van der Waals surface area contributed by atoms with Crippen LogP contribution in [0.3, 0.4) is 0 Å². The number of fused-ring (bicyclic) bond motifs is 1. The van der Waals surface area contributed by atoms with E-state index in [0.29, 0.717) is 0 Å². The zero-order valence-corrected chi connectivity index (χ0v) is 9.53. The SMILES string of the molecule is Cc1ccc(C)c2c(C)cc(C(=O)O)nc12. The molecule has 0 atom stereocenters. The lowest BCUT2D eigenvalue weighted by Gasteiger charge is -2.09. The first kappa shape index (κ1) is 10.6. The van der Waals surface area contributed by atoms with Crippen LogP contribution in [-0.2, 0) is 0 Å². The van der Waals surface area contributed by atoms with Gasteiger partial charge in [-0.3, -0.25) is 0 Å². The van der Waals surface area contributed by atoms with Crippen LogP contribution in [0, 0.1) is 20.8 Å². The number of nitrogens with zero attached hydrogens (tertiary/aromatic N) is 1. The maximum Gasteiger partial charge on any atom is 0.354 e. The lowest BCUT2D eigenvalue weighted by atomic mass is 10.0. The van der Waals surface area contributed by atoms with Crippen LogP contribution in [-0.4, -0.2) is 16.1 Å². The standard InChI is InChI=1S/C13H13NO2/c1-7-4-5-8(2)12-11(7)9(3)6-10(14-12)13(15)16/h4-6H,1-3H3,(H,15,16). The number of aromatic carboxylic acids is 1. The summed E-state index contributed by atoms with van der Waals surface area (Å²) in [5.41, 5.74) is 3.99. The minimum Gasteiger partial charge on any atom is -0.477 e. The second-order valence-corrected chi connectivity index (χ2v) is 4.05. The van der Waals surface area contributed by atoms with Crippen LogP contribution in [0.4, 0.5) is 0 Å². The van der Waals surface area contributed by atoms with E-state index in [1.807, 2.05) is 32.9 Å². The molecule has 0 aliphatic carbocycles. The molecule has 3 heteroatoms. The topological polar surface area (TPSA) is 50.2 Å². The number of aromatic nitrogens is 1. The molecule has 0 aliphatic rings. The number of aryl methyl sites for hydroxylation is 3. The van der Waals surface area contributed by atoms with Crippen molar-refractivity contribution in [1.29, 1.82) is 0 Å². The number of hydrogen-bond donors (Lipinski definition) is 1. The lowest BCUT2D eigenvalue weighted by molar-refractivity contribution is 0.0691. The van der Waals surface area contributed by atoms with Gasteiger partial charge in [-0.05, 0) is 43.5 Å². The Morgan fingerprint density at radius 3 is 2.38 bits per heavy atom. The Kier molecular flexibility index (Phi) is 2.38. The first-order chi connectivity index (χ1) is 7.50. The van der Waals surface area contributed by atoms with Gasteiger partial charge in [0.15, 0.2) is 0 Å². The van der Waals surface area contributed by atoms with Crippen molar-refractivity contribution < 1.29 is 9.90 Å². The Morgan fingerprint density at radius 1 is 1.12 bits per heavy atom. The van der Waals surface area contributed by atoms with Gasteiger partial charge in [0.1, 0.15) is 5.69 Å². The van der Waals surface area contributed by atoms with Crippen molar-refractivity contribution in [2.45, 2.75) is 20.8 Å². The molecular weight excluding hydrogens is 202 g/mol. The molecule has 0 fully saturated rings. The first-order valence-electron chi connectivity index (χ1n) is 5.11. The van der Waals surface area contributed by atoms with Crippen molar-refractivity contribution in [3.63, 3.8) is 0 Å². The maximum absolute atomic E-state index is 10.9. The predicted molar refractivity (Wildman–Crippen MR) is 62.9 cm³/mol. The van der Waals surface area contributed by atoms with E-state index in [9.17, 15) is 4.79 Å². The second-order valence-electron chi connectivity index (χ2n) is 4.05. The van der Waals surface area contributed by atoms with Gasteiger partial charge < -0.3 is 5.11 Å². The number of benzene rings is 1. The summed E-state index contributed by atoms with van der Waals surface area (Å²) >= 11 is 0. The van der Waals surface area contributed by atoms with Crippen molar-refractivity contribution in [2.75, 3.05) is 0 Å². The predicted octanol–water partition coefficient (Wildman–Crippen LogP) is 2.86. The maximum atomic E-state index is 10.9. The quantitative estimate of drug-likeness (QED) is 0.795. The molecule has 0 saturated carbocycles. The van der Waals surface area contributed by atoms with E-state index in [4.69, 9.17) is 5.11 Å². The molecule has 1 N–H and O–H groups in total. The van der Waals surface area contributed by atoms with Crippen LogP contribution in [0.25, 0.3) is 10.9 Å². The van der Waals surface area contributed by atoms with Crippen molar-refractivity contribution in [3.8, 4) is 0 Å². The number of carbonyl (C=O) groups is 1. The van der Waals surface area contributed by atoms with Gasteiger partial charge in [-0.25, -0.2) is 9.78 Å². The number of carboxylic acids is 1. The largest absolute Gasteiger partial charge is 0.477 e. The fourth-order valence-electron chi connectivity index (χ4n) is 1.98. The molecule has 1 heterocycles. The van der Waals surface area contributed by atoms with Gasteiger partial charge in [0, 0.05) is 5.39 Å². The third-order valence-electron chi connectivity index (χ3n) is 2.79. The van der Waals surface area contributed by atoms with Gasteiger partial charge in [0.2, 0.25) is 0 Å². The van der Waals surface area contributed by atoms with Gasteiger partial charge in [-0.1, -0.05) is 12.1 Å². The molecule has 0 spiro atoms. The highest BCUT2D eigenvalue weighted by molar-refractivity contribution is 5.93. The summed E-state index contributed by atoms with van der Waals surface area (Å²) < 4.78 is 0. The molecule has 0 amide bonds. The van der Waals surface area contributed by atoms with Crippen molar-refractivity contribution in [2.24, 2.45) is 0 Å². The molecule has 0 aliphatic heterocycles. The number of pyridine rings is 1. The van der Waals surface area contributed by atoms with Gasteiger partial charge in [0.25, 0.3) is 0 Å². The number of hydrogen-bond acceptors (Lipinski definition) is 2. The average Bonchev–Trinajstić information content (AvgIpc) is 2.22. The summed E-state index contributed by atoms with van der Waals surface area (Å²) in [5.74, 6) is -0.981. The zero-order chi connectivity index (χ0) is 11.9. The summed E-state index contributed by atoms with van der Waals surface area (Å²) in [6, 6.07) is 5.62. The zero-order valence-electron chi connectivity index (χ0n) is 9.53. The molecule has 3 nitrogen and oxygen atoms in total. The molecule has 2 rings (SSSR count). The molecule has 1 aromatic carbocycles. The monoisotopic (exact) mass is 215 g/mol. The van der Waals surface area contributed by atoms with Gasteiger partial charge >= 0.3 is 5.97 Å². The van der Waals surface area contributed by atoms with E-state index in [1.165, 1.54) is 0 Å². The minimum absolute atomic E-state index is 0.110. The summed E-state index contributed by atoms with van der Waals surface area (Å²) in [6.07, 6.45) is 0. The van der Waals surface area contributed by atoms with Crippen LogP contribution in [0.2, 0.25) is 0 Å². The van der Waals surface area contributed by atoms with E-state index < -0.39 is 5.97 Å². The molecule has 1 aromatic heterocycles. The Bertz CT molecular complexity index is 588. The summed E-state index contributed by atoms with van der Waals surface area (Å²) in [6.45, 7) is 5.87. The van der Waals surface area contributed by atoms with E-state index in [2.05, 4.69) is 4.98 Å². The van der Waals surface area contributed by atoms with Gasteiger partial charge in [0.05, 0.1) is 5.52 Å². The molecule has 0 bridgehead atoms. The minimum atomic E-state index is -0.981. The fourth-order valence-corrected chi connectivity index (χ4v) is 1.98. The van der Waals surface area contributed by atoms with Crippen LogP contribution < -0.4 is 0 Å². The van der Waals surface area contributed by atoms with Gasteiger partial charge in [-0.15, -0.1) is 0 Å². The fraction of sp³-hybridized carbons (Fsp3) is 0.231. The molecule has 2 aromatic rings. The highest BCUT2D eigenvalue weighted by atomic mass is 16.4. The normalized spacial score (nSPS) is 10.7. The highest BCUT2D eigenvalue weighted by Gasteiger charge is 2.11. The van der Waals surface area contributed by atoms with Crippen molar-refractivity contribution in [3.05, 3.63) is 40.6 Å². The van der Waals surface area contributed by atoms with Crippen LogP contribution in [0.15, 0.2) is 18.2 Å². The average molecular weight is 215 g/mol. The number of carboxylic acid groups (broad SMARTS) is 1. The number of rotatable bonds is 1. The molecule has 82 valence electrons. The third-order valence-corrected chi connectivity index (χ3v) is 2.79. The molecule has 0 radical (unpaired) electrons. The molecule has 0 unspecified atom stereocenters. The summed E-state index contributed by atoms with van der Waals surface area (Å²) in [7, 11) is 0. The van der Waals surface area contributed by atoms with Crippen LogP contribution in [0.5, 0.6) is 0 Å². The summed E-state index contributed by atoms with van der Waals surface area (Å²) in [4.78, 5) is 15.1. The van der Waals surface area contributed by atoms with E-state index in [-0.39, 0.29) is 5.69 Å². The van der Waals surface area contributed by atoms with Crippen molar-refractivity contribution in [1.82, 2.24) is 4.98 Å². The van der Waals surface area contributed by atoms with E-state index in [1.54, 1.807) is 6.07 Å². The van der Waals surface area contributed by atoms with Gasteiger partial charge in [-0.2, -0.15) is 0 Å². The Morgan fingerprint density at radius 2 is 1.75 bits per heavy atom. The van der Waals surface area contributed by atoms with E-state index in [0.717, 1.165) is 27.6 Å². The Labute approximate surface area is 93.7 Å². The lowest BCUT2D eigenvalue weighted by Crippen LogP contribution is -2.02. The second kappa shape index (κ2) is 3.59. The first-order valence-corrected chi connectivity index (χ1v) is 5.11. The molecule has 0 saturated heterocycles. The Hall–Kier alpha value is -1.90. The van der Waals surface area contributed by atoms with Crippen LogP contribution >= 0.6 is 0 Å². The highest BCUT2D eigenvalue weighted by Crippen LogP contribution is 2.24. The molecular formula is C13H13NO2. The third kappa shape index (κ3) is 1.54. The van der Waals surface area contributed by atoms with Crippen LogP contribution in [0.1, 0.15) is 27.2 Å². The smallest absolute Gasteiger partial charge is 0.354 e.